The third kappa shape index (κ3) is 2.69. The van der Waals surface area contributed by atoms with Gasteiger partial charge in [-0.15, -0.1) is 0 Å². The van der Waals surface area contributed by atoms with E-state index in [-0.39, 0.29) is 5.78 Å². The fraction of sp³-hybridized carbons (Fsp3) is 0.368. The van der Waals surface area contributed by atoms with Crippen LogP contribution in [0.5, 0.6) is 5.75 Å². The van der Waals surface area contributed by atoms with Crippen LogP contribution in [0.4, 0.5) is 4.79 Å². The van der Waals surface area contributed by atoms with Crippen molar-refractivity contribution < 1.29 is 19.1 Å². The number of amidine groups is 1. The number of urea groups is 1. The first-order valence-corrected chi connectivity index (χ1v) is 8.78. The zero-order valence-corrected chi connectivity index (χ0v) is 14.4. The molecule has 0 radical (unpaired) electrons. The Morgan fingerprint density at radius 2 is 1.85 bits per heavy atom. The molecular weight excluding hydrogens is 334 g/mol. The van der Waals surface area contributed by atoms with E-state index in [1.54, 1.807) is 0 Å². The molecule has 0 aromatic heterocycles. The number of allylic oxidation sites excluding steroid dienone is 2. The number of amides is 3. The minimum absolute atomic E-state index is 0.0256. The Morgan fingerprint density at radius 1 is 1.08 bits per heavy atom. The molecule has 3 amide bonds. The van der Waals surface area contributed by atoms with Crippen molar-refractivity contribution in [2.24, 2.45) is 10.9 Å². The van der Waals surface area contributed by atoms with Gasteiger partial charge in [-0.1, -0.05) is 12.1 Å². The molecule has 1 aromatic rings. The van der Waals surface area contributed by atoms with Crippen LogP contribution in [-0.2, 0) is 9.59 Å². The molecule has 0 saturated carbocycles. The summed E-state index contributed by atoms with van der Waals surface area (Å²) in [5.41, 5.74) is 2.11. The Bertz CT molecular complexity index is 854. The topological polar surface area (TPSA) is 96.9 Å². The number of fused-ring (bicyclic) bond motifs is 1. The standard InChI is InChI=1S/C19H19N3O4/c1-2-26-11-8-6-10(7-9-11)14-15-12(4-3-5-13(15)23)20-17-16(14)18(24)22-19(25)21-17/h6-9,14,16H,2-5H2,1H3,(H2,20,21,22,24,25). The summed E-state index contributed by atoms with van der Waals surface area (Å²) < 4.78 is 5.48. The number of hydrogen-bond donors (Lipinski definition) is 2. The molecule has 0 bridgehead atoms. The fourth-order valence-electron chi connectivity index (χ4n) is 3.87. The van der Waals surface area contributed by atoms with Crippen LogP contribution in [0.3, 0.4) is 0 Å². The van der Waals surface area contributed by atoms with Gasteiger partial charge in [-0.05, 0) is 37.5 Å². The molecule has 3 aliphatic rings. The largest absolute Gasteiger partial charge is 0.494 e. The number of carbonyl (C=O) groups is 3. The Hall–Kier alpha value is -2.96. The van der Waals surface area contributed by atoms with Crippen LogP contribution in [0.25, 0.3) is 0 Å². The van der Waals surface area contributed by atoms with Crippen LogP contribution >= 0.6 is 0 Å². The summed E-state index contributed by atoms with van der Waals surface area (Å²) in [7, 11) is 0. The molecule has 2 unspecified atom stereocenters. The van der Waals surface area contributed by atoms with Gasteiger partial charge in [0.05, 0.1) is 6.61 Å². The number of imide groups is 1. The number of hydrogen-bond acceptors (Lipinski definition) is 5. The van der Waals surface area contributed by atoms with Crippen molar-refractivity contribution in [1.82, 2.24) is 10.6 Å². The average molecular weight is 353 g/mol. The molecule has 0 spiro atoms. The van der Waals surface area contributed by atoms with E-state index in [4.69, 9.17) is 4.74 Å². The van der Waals surface area contributed by atoms with Gasteiger partial charge in [-0.25, -0.2) is 9.79 Å². The lowest BCUT2D eigenvalue weighted by Gasteiger charge is -2.37. The van der Waals surface area contributed by atoms with Crippen LogP contribution < -0.4 is 15.4 Å². The maximum Gasteiger partial charge on any atom is 0.326 e. The minimum Gasteiger partial charge on any atom is -0.494 e. The van der Waals surface area contributed by atoms with E-state index in [0.717, 1.165) is 17.7 Å². The Kier molecular flexibility index (Phi) is 4.06. The zero-order chi connectivity index (χ0) is 18.3. The van der Waals surface area contributed by atoms with E-state index in [0.29, 0.717) is 36.6 Å². The first kappa shape index (κ1) is 16.5. The van der Waals surface area contributed by atoms with Crippen molar-refractivity contribution >= 4 is 23.6 Å². The minimum atomic E-state index is -0.716. The lowest BCUT2D eigenvalue weighted by Crippen LogP contribution is -2.58. The quantitative estimate of drug-likeness (QED) is 0.869. The van der Waals surface area contributed by atoms with Crippen molar-refractivity contribution in [3.05, 3.63) is 41.1 Å². The molecule has 1 aliphatic carbocycles. The molecule has 2 aliphatic heterocycles. The summed E-state index contributed by atoms with van der Waals surface area (Å²) in [6, 6.07) is 6.82. The monoisotopic (exact) mass is 353 g/mol. The summed E-state index contributed by atoms with van der Waals surface area (Å²) in [5.74, 6) is -0.528. The Balaban J connectivity index is 1.82. The van der Waals surface area contributed by atoms with Crippen LogP contribution in [0.15, 0.2) is 40.5 Å². The molecule has 1 fully saturated rings. The highest BCUT2D eigenvalue weighted by molar-refractivity contribution is 6.20. The van der Waals surface area contributed by atoms with E-state index >= 15 is 0 Å². The second kappa shape index (κ2) is 6.40. The molecule has 1 saturated heterocycles. The van der Waals surface area contributed by atoms with Crippen molar-refractivity contribution in [2.75, 3.05) is 6.61 Å². The highest BCUT2D eigenvalue weighted by Gasteiger charge is 2.46. The number of nitrogens with one attached hydrogen (secondary N) is 2. The number of benzene rings is 1. The normalized spacial score (nSPS) is 25.0. The molecular formula is C19H19N3O4. The van der Waals surface area contributed by atoms with Gasteiger partial charge in [0.2, 0.25) is 5.91 Å². The van der Waals surface area contributed by atoms with Gasteiger partial charge in [0.15, 0.2) is 5.78 Å². The maximum absolute atomic E-state index is 12.7. The van der Waals surface area contributed by atoms with Crippen LogP contribution in [0.1, 0.15) is 37.7 Å². The summed E-state index contributed by atoms with van der Waals surface area (Å²) in [6.07, 6.45) is 1.86. The van der Waals surface area contributed by atoms with E-state index in [1.165, 1.54) is 0 Å². The molecule has 134 valence electrons. The third-order valence-corrected chi connectivity index (χ3v) is 4.93. The SMILES string of the molecule is CCOc1ccc(C2C3=C(CCCC3=O)N=C3NC(=O)NC(=O)C32)cc1. The number of rotatable bonds is 3. The van der Waals surface area contributed by atoms with Crippen LogP contribution in [-0.4, -0.2) is 30.2 Å². The van der Waals surface area contributed by atoms with E-state index in [2.05, 4.69) is 15.6 Å². The lowest BCUT2D eigenvalue weighted by molar-refractivity contribution is -0.122. The van der Waals surface area contributed by atoms with E-state index in [9.17, 15) is 14.4 Å². The van der Waals surface area contributed by atoms with Gasteiger partial charge in [0, 0.05) is 23.6 Å². The highest BCUT2D eigenvalue weighted by atomic mass is 16.5. The van der Waals surface area contributed by atoms with Crippen molar-refractivity contribution in [2.45, 2.75) is 32.1 Å². The van der Waals surface area contributed by atoms with Crippen LogP contribution in [0.2, 0.25) is 0 Å². The predicted molar refractivity (Wildman–Crippen MR) is 93.8 cm³/mol. The first-order valence-electron chi connectivity index (χ1n) is 8.78. The summed E-state index contributed by atoms with van der Waals surface area (Å²) in [4.78, 5) is 41.4. The van der Waals surface area contributed by atoms with Gasteiger partial charge in [0.1, 0.15) is 17.5 Å². The summed E-state index contributed by atoms with van der Waals surface area (Å²) >= 11 is 0. The second-order valence-electron chi connectivity index (χ2n) is 6.53. The molecule has 2 atom stereocenters. The number of aliphatic imine (C=N–C) groups is 1. The van der Waals surface area contributed by atoms with Crippen LogP contribution in [0, 0.1) is 5.92 Å². The van der Waals surface area contributed by atoms with Crippen molar-refractivity contribution in [1.29, 1.82) is 0 Å². The fourth-order valence-corrected chi connectivity index (χ4v) is 3.87. The van der Waals surface area contributed by atoms with Gasteiger partial charge >= 0.3 is 6.03 Å². The maximum atomic E-state index is 12.7. The van der Waals surface area contributed by atoms with Gasteiger partial charge < -0.3 is 4.74 Å². The molecule has 4 rings (SSSR count). The Labute approximate surface area is 150 Å². The summed E-state index contributed by atoms with van der Waals surface area (Å²) in [5, 5.41) is 4.93. The molecule has 7 nitrogen and oxygen atoms in total. The number of carbonyl (C=O) groups excluding carboxylic acids is 3. The number of ether oxygens (including phenoxy) is 1. The number of ketones is 1. The predicted octanol–water partition coefficient (Wildman–Crippen LogP) is 2.04. The van der Waals surface area contributed by atoms with E-state index < -0.39 is 23.8 Å². The van der Waals surface area contributed by atoms with Gasteiger partial charge in [-0.3, -0.25) is 20.2 Å². The van der Waals surface area contributed by atoms with Crippen molar-refractivity contribution in [3.63, 3.8) is 0 Å². The number of nitrogens with zero attached hydrogens (tertiary/aromatic N) is 1. The lowest BCUT2D eigenvalue weighted by atomic mass is 9.72. The number of Topliss-reactive ketones (excluding diaryl/α,β-unsaturated/α-hetero) is 1. The first-order chi connectivity index (χ1) is 12.6. The Morgan fingerprint density at radius 3 is 2.58 bits per heavy atom. The van der Waals surface area contributed by atoms with Gasteiger partial charge in [0.25, 0.3) is 0 Å². The highest BCUT2D eigenvalue weighted by Crippen LogP contribution is 2.43. The van der Waals surface area contributed by atoms with Gasteiger partial charge in [-0.2, -0.15) is 0 Å². The second-order valence-corrected chi connectivity index (χ2v) is 6.53. The third-order valence-electron chi connectivity index (χ3n) is 4.93. The molecule has 2 heterocycles. The molecule has 2 N–H and O–H groups in total. The smallest absolute Gasteiger partial charge is 0.326 e. The zero-order valence-electron chi connectivity index (χ0n) is 14.4. The molecule has 26 heavy (non-hydrogen) atoms. The molecule has 1 aromatic carbocycles. The molecule has 7 heteroatoms. The summed E-state index contributed by atoms with van der Waals surface area (Å²) in [6.45, 7) is 2.47. The average Bonchev–Trinajstić information content (AvgIpc) is 2.61. The van der Waals surface area contributed by atoms with Crippen molar-refractivity contribution in [3.8, 4) is 5.75 Å². The van der Waals surface area contributed by atoms with E-state index in [1.807, 2.05) is 31.2 Å².